The van der Waals surface area contributed by atoms with Crippen molar-refractivity contribution in [2.45, 2.75) is 45.4 Å². The average molecular weight is 363 g/mol. The van der Waals surface area contributed by atoms with Gasteiger partial charge in [0.05, 0.1) is 23.3 Å². The highest BCUT2D eigenvalue weighted by molar-refractivity contribution is 6.61. The molecule has 0 aromatic heterocycles. The molecule has 5 nitrogen and oxygen atoms in total. The van der Waals surface area contributed by atoms with Crippen LogP contribution in [-0.2, 0) is 15.9 Å². The fourth-order valence-corrected chi connectivity index (χ4v) is 3.87. The molecule has 1 fully saturated rings. The predicted octanol–water partition coefficient (Wildman–Crippen LogP) is 2.78. The first-order valence-corrected chi connectivity index (χ1v) is 9.21. The third-order valence-corrected chi connectivity index (χ3v) is 5.00. The normalized spacial score (nSPS) is 21.5. The van der Waals surface area contributed by atoms with Gasteiger partial charge in [0, 0.05) is 6.10 Å². The van der Waals surface area contributed by atoms with E-state index in [4.69, 9.17) is 9.31 Å². The van der Waals surface area contributed by atoms with Crippen molar-refractivity contribution in [1.82, 2.24) is 4.90 Å². The second-order valence-corrected chi connectivity index (χ2v) is 7.85. The molecule has 2 heterocycles. The third-order valence-electron chi connectivity index (χ3n) is 5.00. The van der Waals surface area contributed by atoms with Gasteiger partial charge in [0.15, 0.2) is 0 Å². The SMILES string of the molecule is C[C@H]1CC(C)(C)OB(c2cccc(CN3C(=O)c4ccccc4C3=O)c2)O1. The Hall–Kier alpha value is -2.44. The van der Waals surface area contributed by atoms with Crippen LogP contribution in [0.15, 0.2) is 48.5 Å². The fraction of sp³-hybridized carbons (Fsp3) is 0.333. The van der Waals surface area contributed by atoms with E-state index >= 15 is 0 Å². The number of fused-ring (bicyclic) bond motifs is 1. The topological polar surface area (TPSA) is 55.8 Å². The summed E-state index contributed by atoms with van der Waals surface area (Å²) < 4.78 is 12.0. The van der Waals surface area contributed by atoms with Crippen molar-refractivity contribution in [3.05, 3.63) is 65.2 Å². The molecule has 27 heavy (non-hydrogen) atoms. The van der Waals surface area contributed by atoms with Crippen molar-refractivity contribution in [3.63, 3.8) is 0 Å². The number of rotatable bonds is 3. The van der Waals surface area contributed by atoms with Gasteiger partial charge in [0.1, 0.15) is 0 Å². The minimum atomic E-state index is -0.453. The van der Waals surface area contributed by atoms with Gasteiger partial charge in [-0.15, -0.1) is 0 Å². The minimum Gasteiger partial charge on any atom is -0.405 e. The first kappa shape index (κ1) is 18.0. The molecule has 6 heteroatoms. The van der Waals surface area contributed by atoms with Crippen molar-refractivity contribution in [3.8, 4) is 0 Å². The highest BCUT2D eigenvalue weighted by atomic mass is 16.6. The number of carbonyl (C=O) groups excluding carboxylic acids is 2. The van der Waals surface area contributed by atoms with Gasteiger partial charge in [-0.05, 0) is 50.4 Å². The predicted molar refractivity (Wildman–Crippen MR) is 103 cm³/mol. The van der Waals surface area contributed by atoms with Gasteiger partial charge in [-0.3, -0.25) is 14.5 Å². The number of hydrogen-bond donors (Lipinski definition) is 0. The number of benzene rings is 2. The lowest BCUT2D eigenvalue weighted by Gasteiger charge is -2.38. The molecule has 2 aromatic rings. The highest BCUT2D eigenvalue weighted by Gasteiger charge is 2.39. The molecule has 0 aliphatic carbocycles. The van der Waals surface area contributed by atoms with Crippen LogP contribution in [0.5, 0.6) is 0 Å². The second kappa shape index (κ2) is 6.62. The summed E-state index contributed by atoms with van der Waals surface area (Å²) in [5.41, 5.74) is 2.43. The number of amides is 2. The van der Waals surface area contributed by atoms with Crippen LogP contribution in [0.1, 0.15) is 53.5 Å². The van der Waals surface area contributed by atoms with Crippen LogP contribution in [0, 0.1) is 0 Å². The highest BCUT2D eigenvalue weighted by Crippen LogP contribution is 2.26. The molecule has 4 rings (SSSR count). The summed E-state index contributed by atoms with van der Waals surface area (Å²) in [6.07, 6.45) is 0.928. The summed E-state index contributed by atoms with van der Waals surface area (Å²) in [5, 5.41) is 0. The summed E-state index contributed by atoms with van der Waals surface area (Å²) in [4.78, 5) is 26.5. The van der Waals surface area contributed by atoms with E-state index < -0.39 is 7.12 Å². The van der Waals surface area contributed by atoms with Crippen LogP contribution < -0.4 is 5.46 Å². The summed E-state index contributed by atoms with van der Waals surface area (Å²) >= 11 is 0. The van der Waals surface area contributed by atoms with E-state index in [1.54, 1.807) is 24.3 Å². The second-order valence-electron chi connectivity index (χ2n) is 7.85. The zero-order valence-electron chi connectivity index (χ0n) is 15.8. The molecule has 1 saturated heterocycles. The Labute approximate surface area is 159 Å². The molecule has 0 spiro atoms. The van der Waals surface area contributed by atoms with Crippen LogP contribution in [-0.4, -0.2) is 35.5 Å². The Morgan fingerprint density at radius 2 is 1.74 bits per heavy atom. The molecule has 0 radical (unpaired) electrons. The van der Waals surface area contributed by atoms with Gasteiger partial charge in [0.25, 0.3) is 11.8 Å². The molecule has 0 N–H and O–H groups in total. The Morgan fingerprint density at radius 1 is 1.07 bits per heavy atom. The molecular formula is C21H22BNO4. The molecule has 0 saturated carbocycles. The zero-order valence-corrected chi connectivity index (χ0v) is 15.8. The van der Waals surface area contributed by atoms with Crippen LogP contribution in [0.4, 0.5) is 0 Å². The van der Waals surface area contributed by atoms with E-state index in [0.29, 0.717) is 11.1 Å². The van der Waals surface area contributed by atoms with Gasteiger partial charge in [-0.25, -0.2) is 0 Å². The number of carbonyl (C=O) groups is 2. The molecule has 2 aliphatic rings. The monoisotopic (exact) mass is 363 g/mol. The third kappa shape index (κ3) is 3.43. The molecule has 2 aromatic carbocycles. The van der Waals surface area contributed by atoms with Crippen LogP contribution >= 0.6 is 0 Å². The van der Waals surface area contributed by atoms with Gasteiger partial charge >= 0.3 is 7.12 Å². The van der Waals surface area contributed by atoms with E-state index in [-0.39, 0.29) is 30.1 Å². The lowest BCUT2D eigenvalue weighted by Crippen LogP contribution is -2.51. The van der Waals surface area contributed by atoms with Gasteiger partial charge in [-0.2, -0.15) is 0 Å². The Bertz CT molecular complexity index is 876. The number of imide groups is 1. The smallest absolute Gasteiger partial charge is 0.405 e. The van der Waals surface area contributed by atoms with E-state index in [9.17, 15) is 9.59 Å². The standard InChI is InChI=1S/C21H22BNO4/c1-14-12-21(2,3)27-22(26-14)16-8-6-7-15(11-16)13-23-19(24)17-9-4-5-10-18(17)20(23)25/h4-11,14H,12-13H2,1-3H3/t14-/m0/s1. The van der Waals surface area contributed by atoms with Crippen LogP contribution in [0.3, 0.4) is 0 Å². The Balaban J connectivity index is 1.56. The summed E-state index contributed by atoms with van der Waals surface area (Å²) in [6, 6.07) is 14.6. The first-order chi connectivity index (χ1) is 12.8. The molecular weight excluding hydrogens is 341 g/mol. The maximum absolute atomic E-state index is 12.6. The molecule has 138 valence electrons. The summed E-state index contributed by atoms with van der Waals surface area (Å²) in [5.74, 6) is -0.498. The van der Waals surface area contributed by atoms with Crippen molar-refractivity contribution >= 4 is 24.4 Å². The Kier molecular flexibility index (Phi) is 4.40. The van der Waals surface area contributed by atoms with Crippen molar-refractivity contribution in [1.29, 1.82) is 0 Å². The maximum Gasteiger partial charge on any atom is 0.494 e. The fourth-order valence-electron chi connectivity index (χ4n) is 3.87. The molecule has 0 bridgehead atoms. The molecule has 1 atom stereocenters. The number of nitrogens with zero attached hydrogens (tertiary/aromatic N) is 1. The largest absolute Gasteiger partial charge is 0.494 e. The van der Waals surface area contributed by atoms with E-state index in [1.807, 2.05) is 31.2 Å². The van der Waals surface area contributed by atoms with Gasteiger partial charge in [0.2, 0.25) is 0 Å². The average Bonchev–Trinajstić information content (AvgIpc) is 2.86. The molecule has 0 unspecified atom stereocenters. The van der Waals surface area contributed by atoms with Crippen molar-refractivity contribution < 1.29 is 18.9 Å². The number of hydrogen-bond acceptors (Lipinski definition) is 4. The molecule has 2 aliphatic heterocycles. The maximum atomic E-state index is 12.6. The van der Waals surface area contributed by atoms with E-state index in [1.165, 1.54) is 4.90 Å². The van der Waals surface area contributed by atoms with Crippen molar-refractivity contribution in [2.75, 3.05) is 0 Å². The summed E-state index contributed by atoms with van der Waals surface area (Å²) in [7, 11) is -0.453. The van der Waals surface area contributed by atoms with Crippen LogP contribution in [0.25, 0.3) is 0 Å². The minimum absolute atomic E-state index is 0.0960. The van der Waals surface area contributed by atoms with Crippen molar-refractivity contribution in [2.24, 2.45) is 0 Å². The van der Waals surface area contributed by atoms with Crippen LogP contribution in [0.2, 0.25) is 0 Å². The van der Waals surface area contributed by atoms with E-state index in [2.05, 4.69) is 13.8 Å². The quantitative estimate of drug-likeness (QED) is 0.622. The first-order valence-electron chi connectivity index (χ1n) is 9.21. The lowest BCUT2D eigenvalue weighted by atomic mass is 9.74. The van der Waals surface area contributed by atoms with Gasteiger partial charge in [-0.1, -0.05) is 36.4 Å². The zero-order chi connectivity index (χ0) is 19.2. The Morgan fingerprint density at radius 3 is 2.37 bits per heavy atom. The summed E-state index contributed by atoms with van der Waals surface area (Å²) in [6.45, 7) is 6.38. The van der Waals surface area contributed by atoms with E-state index in [0.717, 1.165) is 17.4 Å². The van der Waals surface area contributed by atoms with Gasteiger partial charge < -0.3 is 9.31 Å². The molecule has 2 amide bonds. The lowest BCUT2D eigenvalue weighted by molar-refractivity contribution is -0.0229.